The maximum absolute atomic E-state index is 14.6. The lowest BCUT2D eigenvalue weighted by Crippen LogP contribution is -2.60. The van der Waals surface area contributed by atoms with Crippen LogP contribution in [0.4, 0.5) is 10.6 Å². The van der Waals surface area contributed by atoms with Gasteiger partial charge in [0.2, 0.25) is 0 Å². The average Bonchev–Trinajstić information content (AvgIpc) is 3.76. The van der Waals surface area contributed by atoms with Gasteiger partial charge in [0.1, 0.15) is 30.6 Å². The van der Waals surface area contributed by atoms with E-state index in [1.807, 2.05) is 72.7 Å². The minimum absolute atomic E-state index is 0.0753. The van der Waals surface area contributed by atoms with Gasteiger partial charge in [0.05, 0.1) is 35.3 Å². The molecule has 4 aliphatic rings. The second kappa shape index (κ2) is 20.6. The van der Waals surface area contributed by atoms with Crippen LogP contribution in [-0.2, 0) is 38.1 Å². The van der Waals surface area contributed by atoms with Gasteiger partial charge in [0.15, 0.2) is 17.7 Å². The molecule has 6 rings (SSSR count). The van der Waals surface area contributed by atoms with Gasteiger partial charge in [-0.1, -0.05) is 45.6 Å². The summed E-state index contributed by atoms with van der Waals surface area (Å²) >= 11 is 1.40. The monoisotopic (exact) mass is 904 g/mol. The smallest absolute Gasteiger partial charge is 0.410 e. The predicted molar refractivity (Wildman–Crippen MR) is 242 cm³/mol. The predicted octanol–water partition coefficient (Wildman–Crippen LogP) is 5.11. The van der Waals surface area contributed by atoms with Crippen molar-refractivity contribution in [2.24, 2.45) is 28.7 Å². The summed E-state index contributed by atoms with van der Waals surface area (Å²) in [6, 6.07) is 8.22. The molecular weight excluding hydrogens is 841 g/mol. The minimum atomic E-state index is -1.29. The van der Waals surface area contributed by atoms with Crippen molar-refractivity contribution < 1.29 is 48.0 Å². The summed E-state index contributed by atoms with van der Waals surface area (Å²) in [6.45, 7) is 15.3. The third kappa shape index (κ3) is 10.7. The fourth-order valence-corrected chi connectivity index (χ4v) is 10.6. The van der Waals surface area contributed by atoms with Crippen LogP contribution in [-0.4, -0.2) is 137 Å². The Kier molecular flexibility index (Phi) is 15.7. The van der Waals surface area contributed by atoms with Crippen LogP contribution in [0.25, 0.3) is 6.08 Å². The Labute approximate surface area is 380 Å². The number of pyridine rings is 1. The van der Waals surface area contributed by atoms with Crippen LogP contribution < -0.4 is 10.9 Å². The number of Topliss-reactive ketones (excluding diaryl/α,β-unsaturated/α-hetero) is 1. The third-order valence-corrected chi connectivity index (χ3v) is 14.0. The lowest BCUT2D eigenvalue weighted by Gasteiger charge is -2.47. The van der Waals surface area contributed by atoms with Gasteiger partial charge in [0.25, 0.3) is 5.91 Å². The van der Waals surface area contributed by atoms with E-state index in [9.17, 15) is 24.3 Å². The first-order chi connectivity index (χ1) is 30.4. The molecule has 13 atom stereocenters. The van der Waals surface area contributed by atoms with Gasteiger partial charge < -0.3 is 33.7 Å². The number of hydrazine groups is 1. The summed E-state index contributed by atoms with van der Waals surface area (Å²) in [4.78, 5) is 69.0. The number of aliphatic hydroxyl groups excluding tert-OH is 1. The van der Waals surface area contributed by atoms with Crippen molar-refractivity contribution in [1.29, 1.82) is 0 Å². The molecule has 17 heteroatoms. The largest absolute Gasteiger partial charge is 0.458 e. The lowest BCUT2D eigenvalue weighted by molar-refractivity contribution is -0.296. The molecule has 0 spiro atoms. The number of hydrogen-bond acceptors (Lipinski definition) is 15. The number of fused-ring (bicyclic) bond motifs is 1. The van der Waals surface area contributed by atoms with Crippen molar-refractivity contribution in [3.63, 3.8) is 0 Å². The average molecular weight is 905 g/mol. The molecule has 4 aliphatic heterocycles. The van der Waals surface area contributed by atoms with E-state index >= 15 is 0 Å². The van der Waals surface area contributed by atoms with Crippen LogP contribution in [0.3, 0.4) is 0 Å². The molecule has 16 nitrogen and oxygen atoms in total. The number of ether oxygens (including phenoxy) is 5. The Morgan fingerprint density at radius 3 is 2.58 bits per heavy atom. The normalized spacial score (nSPS) is 34.8. The molecule has 2 amide bonds. The van der Waals surface area contributed by atoms with E-state index in [0.717, 1.165) is 15.5 Å². The zero-order chi connectivity index (χ0) is 46.5. The van der Waals surface area contributed by atoms with Crippen LogP contribution in [0.15, 0.2) is 47.6 Å². The number of carbonyl (C=O) groups is 4. The zero-order valence-electron chi connectivity index (χ0n) is 38.5. The maximum atomic E-state index is 14.6. The van der Waals surface area contributed by atoms with E-state index in [2.05, 4.69) is 27.7 Å². The van der Waals surface area contributed by atoms with E-state index < -0.39 is 71.5 Å². The van der Waals surface area contributed by atoms with E-state index in [4.69, 9.17) is 28.7 Å². The highest BCUT2D eigenvalue weighted by Crippen LogP contribution is 2.44. The molecule has 64 heavy (non-hydrogen) atoms. The summed E-state index contributed by atoms with van der Waals surface area (Å²) in [5, 5.41) is 11.7. The lowest BCUT2D eigenvalue weighted by atomic mass is 9.73. The number of aliphatic imine (C=N–C) groups is 1. The van der Waals surface area contributed by atoms with Crippen molar-refractivity contribution >= 4 is 52.7 Å². The molecule has 3 saturated heterocycles. The Morgan fingerprint density at radius 2 is 1.88 bits per heavy atom. The van der Waals surface area contributed by atoms with E-state index in [0.29, 0.717) is 31.7 Å². The van der Waals surface area contributed by atoms with E-state index in [1.54, 1.807) is 42.3 Å². The quantitative estimate of drug-likeness (QED) is 0.0939. The zero-order valence-corrected chi connectivity index (χ0v) is 39.3. The Hall–Kier alpha value is -4.70. The van der Waals surface area contributed by atoms with Crippen LogP contribution in [0.2, 0.25) is 0 Å². The van der Waals surface area contributed by atoms with Gasteiger partial charge in [0, 0.05) is 47.3 Å². The van der Waals surface area contributed by atoms with Crippen molar-refractivity contribution in [2.75, 3.05) is 39.2 Å². The van der Waals surface area contributed by atoms with E-state index in [-0.39, 0.29) is 42.9 Å². The number of amides is 2. The molecule has 0 saturated carbocycles. The fraction of sp³-hybridized carbons (Fsp3) is 0.617. The van der Waals surface area contributed by atoms with Crippen LogP contribution >= 0.6 is 11.3 Å². The number of aromatic nitrogens is 1. The molecule has 3 N–H and O–H groups in total. The number of aliphatic hydroxyl groups is 1. The first-order valence-electron chi connectivity index (χ1n) is 22.2. The third-order valence-electron chi connectivity index (χ3n) is 13.1. The molecule has 3 fully saturated rings. The first kappa shape index (κ1) is 48.7. The molecule has 6 heterocycles. The number of cyclic esters (lactones) is 1. The number of nitrogens with one attached hydrogen (secondary N) is 2. The minimum Gasteiger partial charge on any atom is -0.458 e. The summed E-state index contributed by atoms with van der Waals surface area (Å²) in [7, 11) is 3.77. The highest BCUT2D eigenvalue weighted by atomic mass is 32.1. The molecule has 0 unspecified atom stereocenters. The fourth-order valence-electron chi connectivity index (χ4n) is 9.84. The number of carbonyl (C=O) groups excluding carboxylic acids is 4. The Bertz CT molecular complexity index is 2120. The summed E-state index contributed by atoms with van der Waals surface area (Å²) in [5.41, 5.74) is 3.66. The number of nitrogens with zero attached hydrogens (tertiary/aromatic N) is 4. The molecule has 0 aliphatic carbocycles. The molecule has 0 aromatic carbocycles. The first-order valence-corrected chi connectivity index (χ1v) is 23.0. The summed E-state index contributed by atoms with van der Waals surface area (Å²) < 4.78 is 32.3. The summed E-state index contributed by atoms with van der Waals surface area (Å²) in [6.07, 6.45) is 1.02. The van der Waals surface area contributed by atoms with Gasteiger partial charge in [-0.15, -0.1) is 11.3 Å². The van der Waals surface area contributed by atoms with Crippen molar-refractivity contribution in [3.05, 3.63) is 52.4 Å². The van der Waals surface area contributed by atoms with Gasteiger partial charge in [-0.2, -0.15) is 0 Å². The molecule has 2 bridgehead atoms. The SMILES string of the molecule is CC[C@H]1OC(=O)[C@H](C)C(=O)[C@H](C)[C@@H](O[C@@H]2O[C@H](C)C[C@H](N(C)C)[C@H]2O)[C@@](C)(OCC#Cc2ccc(/C=C/C(=O)NNc3ccccn3)s2)C[C@@H](C)C2=NCCN3C(=O)O[C@@]1(C)[C@H]3[C@H]2C. The number of likely N-dealkylation sites (N-methyl/N-ethyl adjacent to an activating group) is 1. The molecule has 348 valence electrons. The number of hydrogen-bond donors (Lipinski definition) is 3. The van der Waals surface area contributed by atoms with Crippen LogP contribution in [0, 0.1) is 35.5 Å². The highest BCUT2D eigenvalue weighted by Gasteiger charge is 2.60. The second-order valence-corrected chi connectivity index (χ2v) is 19.1. The van der Waals surface area contributed by atoms with Gasteiger partial charge in [-0.3, -0.25) is 35.1 Å². The van der Waals surface area contributed by atoms with Gasteiger partial charge in [-0.25, -0.2) is 9.78 Å². The summed E-state index contributed by atoms with van der Waals surface area (Å²) in [5.74, 6) is 2.48. The standard InChI is InChI=1S/C47H64N6O10S/c1-11-35-47(8)41-29(4)38(49-22-23-53(41)45(58)63-47)27(2)26-46(7,59-24-14-15-32-17-18-33(64-32)19-20-37(54)51-50-36-16-12-13-21-48-36)42(30(5)39(55)31(6)43(57)61-35)62-44-40(56)34(52(9)10)25-28(3)60-44/h12-13,16-21,27-31,34-35,40-42,44,56H,11,22-26H2,1-10H3,(H,48,50)(H,51,54)/b20-19+/t27-,28-,29+,30+,31-,34+,35-,40-,41-,42-,44+,46+,47-/m1/s1. The second-order valence-electron chi connectivity index (χ2n) is 18.0. The Morgan fingerprint density at radius 1 is 1.11 bits per heavy atom. The molecule has 2 aromatic rings. The van der Waals surface area contributed by atoms with Crippen LogP contribution in [0.5, 0.6) is 0 Å². The van der Waals surface area contributed by atoms with E-state index in [1.165, 1.54) is 24.3 Å². The Balaban J connectivity index is 1.33. The van der Waals surface area contributed by atoms with Crippen LogP contribution in [0.1, 0.15) is 84.4 Å². The topological polar surface area (TPSA) is 190 Å². The molecule has 0 radical (unpaired) electrons. The molecule has 2 aromatic heterocycles. The number of rotatable bonds is 10. The number of ketones is 1. The highest BCUT2D eigenvalue weighted by molar-refractivity contribution is 7.13. The number of esters is 1. The van der Waals surface area contributed by atoms with Gasteiger partial charge >= 0.3 is 12.1 Å². The van der Waals surface area contributed by atoms with Crippen molar-refractivity contribution in [3.8, 4) is 11.8 Å². The number of thiophene rings is 1. The molecular formula is C47H64N6O10S. The number of anilines is 1. The maximum Gasteiger partial charge on any atom is 0.410 e. The van der Waals surface area contributed by atoms with Gasteiger partial charge in [-0.05, 0) is 97.3 Å². The van der Waals surface area contributed by atoms with Crippen molar-refractivity contribution in [2.45, 2.75) is 129 Å². The van der Waals surface area contributed by atoms with Crippen molar-refractivity contribution in [1.82, 2.24) is 20.2 Å².